The molecule has 6 rings (SSSR count). The summed E-state index contributed by atoms with van der Waals surface area (Å²) in [7, 11) is 0. The van der Waals surface area contributed by atoms with Gasteiger partial charge in [0.25, 0.3) is 0 Å². The fourth-order valence-corrected chi connectivity index (χ4v) is 12.0. The zero-order valence-electron chi connectivity index (χ0n) is 54.0. The fourth-order valence-electron chi connectivity index (χ4n) is 12.0. The second kappa shape index (κ2) is 54.9. The number of unbranched alkanes of at least 4 members (excludes halogenated alkanes) is 28. The molecule has 0 atom stereocenters. The molecule has 0 spiro atoms. The van der Waals surface area contributed by atoms with Crippen LogP contribution >= 0.6 is 0 Å². The van der Waals surface area contributed by atoms with E-state index in [0.29, 0.717) is 0 Å². The summed E-state index contributed by atoms with van der Waals surface area (Å²) in [6.07, 6.45) is 60.1. The summed E-state index contributed by atoms with van der Waals surface area (Å²) in [5.41, 5.74) is 5.95. The molecule has 464 valence electrons. The van der Waals surface area contributed by atoms with Crippen molar-refractivity contribution in [2.75, 3.05) is 111 Å². The van der Waals surface area contributed by atoms with E-state index in [1.54, 1.807) is 0 Å². The van der Waals surface area contributed by atoms with Crippen LogP contribution < -0.4 is 21.3 Å². The van der Waals surface area contributed by atoms with E-state index in [2.05, 4.69) is 117 Å². The van der Waals surface area contributed by atoms with Gasteiger partial charge >= 0.3 is 0 Å². The lowest BCUT2D eigenvalue weighted by molar-refractivity contribution is 0.252. The first kappa shape index (κ1) is 72.2. The average molecular weight is 1110 g/mol. The molecule has 4 N–H and O–H groups in total. The monoisotopic (exact) mass is 1110 g/mol. The molecule has 8 nitrogen and oxygen atoms in total. The molecule has 80 heavy (non-hydrogen) atoms. The van der Waals surface area contributed by atoms with Crippen LogP contribution in [0.15, 0.2) is 59.8 Å². The van der Waals surface area contributed by atoms with Gasteiger partial charge in [-0.3, -0.25) is 14.7 Å². The van der Waals surface area contributed by atoms with E-state index in [4.69, 9.17) is 0 Å². The molecule has 4 bridgehead atoms. The number of nitrogens with one attached hydrogen (secondary N) is 4. The number of hydrogen-bond donors (Lipinski definition) is 4. The van der Waals surface area contributed by atoms with Crippen molar-refractivity contribution in [2.45, 2.75) is 278 Å². The summed E-state index contributed by atoms with van der Waals surface area (Å²) in [5.74, 6) is 0. The average Bonchev–Trinajstić information content (AvgIpc) is 3.47. The van der Waals surface area contributed by atoms with Gasteiger partial charge in [0.15, 0.2) is 0 Å². The quantitative estimate of drug-likeness (QED) is 0.0496. The molecule has 5 aliphatic rings. The molecule has 0 saturated heterocycles. The number of benzene rings is 1. The SMILES string of the molecule is CCCCCCCCCCN1/C=C2/C=CC(=CC2)CN(CCCCCCCCCC)CCCNCCNCCCN(CCCCCCCCCC)Cc2ccc(cc2)CN(CCCCCCCCCC)CCCNCCNCCC1. The van der Waals surface area contributed by atoms with Crippen molar-refractivity contribution in [3.63, 3.8) is 0 Å². The van der Waals surface area contributed by atoms with E-state index in [0.717, 1.165) is 85.0 Å². The van der Waals surface area contributed by atoms with Crippen LogP contribution in [0.5, 0.6) is 0 Å². The Morgan fingerprint density at radius 3 is 0.950 bits per heavy atom. The second-order valence-corrected chi connectivity index (χ2v) is 25.0. The van der Waals surface area contributed by atoms with Crippen molar-refractivity contribution >= 4 is 0 Å². The molecule has 1 aromatic rings. The molecule has 0 amide bonds. The van der Waals surface area contributed by atoms with Gasteiger partial charge in [-0.1, -0.05) is 250 Å². The van der Waals surface area contributed by atoms with Crippen molar-refractivity contribution in [1.29, 1.82) is 0 Å². The topological polar surface area (TPSA) is 61.1 Å². The first-order valence-electron chi connectivity index (χ1n) is 35.5. The zero-order valence-corrected chi connectivity index (χ0v) is 54.0. The zero-order chi connectivity index (χ0) is 56.7. The Hall–Kier alpha value is -2.04. The van der Waals surface area contributed by atoms with Crippen molar-refractivity contribution in [3.8, 4) is 0 Å². The third-order valence-electron chi connectivity index (χ3n) is 17.2. The highest BCUT2D eigenvalue weighted by molar-refractivity contribution is 5.36. The summed E-state index contributed by atoms with van der Waals surface area (Å²) in [5, 5.41) is 15.2. The number of allylic oxidation sites excluding steroid dienone is 3. The highest BCUT2D eigenvalue weighted by Gasteiger charge is 2.13. The van der Waals surface area contributed by atoms with Crippen molar-refractivity contribution in [2.24, 2.45) is 0 Å². The van der Waals surface area contributed by atoms with Crippen LogP contribution in [0, 0.1) is 0 Å². The van der Waals surface area contributed by atoms with Gasteiger partial charge in [0.2, 0.25) is 0 Å². The van der Waals surface area contributed by atoms with Crippen molar-refractivity contribution in [1.82, 2.24) is 40.9 Å². The van der Waals surface area contributed by atoms with Gasteiger partial charge in [0, 0.05) is 65.1 Å². The smallest absolute Gasteiger partial charge is 0.0233 e. The molecular formula is C72H136N8. The molecule has 0 unspecified atom stereocenters. The highest BCUT2D eigenvalue weighted by atomic mass is 15.1. The van der Waals surface area contributed by atoms with Crippen LogP contribution in [0.1, 0.15) is 276 Å². The standard InChI is InChI=1S/C72H136N8/c1-5-9-13-17-21-25-29-33-57-77-61-37-49-73-53-54-74-50-38-63-79(59-35-31-27-23-19-15-11-7-3)67-71-45-47-72(48-46-71)68-80(60-36-32-28-24-20-16-12-8-4)64-40-52-76-56-55-75-51-39-62-78(58-34-30-26-22-18-14-10-6-2)66-70-43-41-69(65-77)42-44-70/h41-47,68,73-76H,5-40,48-67H2,1-4H3/b72-68-. The Labute approximate surface area is 499 Å². The summed E-state index contributed by atoms with van der Waals surface area (Å²) in [6.45, 7) is 30.6. The number of rotatable bonds is 36. The lowest BCUT2D eigenvalue weighted by Crippen LogP contribution is -2.33. The Bertz CT molecular complexity index is 1560. The Morgan fingerprint density at radius 2 is 0.613 bits per heavy atom. The first-order valence-corrected chi connectivity index (χ1v) is 35.5. The Balaban J connectivity index is 1.64. The second-order valence-electron chi connectivity index (χ2n) is 25.0. The van der Waals surface area contributed by atoms with Gasteiger partial charge in [0.05, 0.1) is 0 Å². The van der Waals surface area contributed by atoms with Crippen molar-refractivity contribution < 1.29 is 0 Å². The number of hydrogen-bond acceptors (Lipinski definition) is 8. The van der Waals surface area contributed by atoms with E-state index < -0.39 is 0 Å². The van der Waals surface area contributed by atoms with E-state index in [1.807, 2.05) is 0 Å². The molecule has 1 aromatic carbocycles. The van der Waals surface area contributed by atoms with Gasteiger partial charge < -0.3 is 26.2 Å². The van der Waals surface area contributed by atoms with Crippen LogP contribution in [0.2, 0.25) is 0 Å². The van der Waals surface area contributed by atoms with Crippen LogP contribution in [0.4, 0.5) is 0 Å². The molecule has 4 aliphatic heterocycles. The minimum atomic E-state index is 1.05. The van der Waals surface area contributed by atoms with Crippen LogP contribution in [-0.2, 0) is 13.1 Å². The Kier molecular flexibility index (Phi) is 49.5. The van der Waals surface area contributed by atoms with Gasteiger partial charge in [0.1, 0.15) is 0 Å². The van der Waals surface area contributed by atoms with Crippen LogP contribution in [0.25, 0.3) is 0 Å². The van der Waals surface area contributed by atoms with Crippen molar-refractivity contribution in [3.05, 3.63) is 71.0 Å². The normalized spacial score (nSPS) is 18.4. The maximum Gasteiger partial charge on any atom is 0.0233 e. The van der Waals surface area contributed by atoms with Gasteiger partial charge in [-0.25, -0.2) is 0 Å². The predicted molar refractivity (Wildman–Crippen MR) is 355 cm³/mol. The highest BCUT2D eigenvalue weighted by Crippen LogP contribution is 2.20. The van der Waals surface area contributed by atoms with E-state index in [1.165, 1.54) is 299 Å². The molecule has 0 radical (unpaired) electrons. The lowest BCUT2D eigenvalue weighted by atomic mass is 10.0. The third-order valence-corrected chi connectivity index (χ3v) is 17.2. The summed E-state index contributed by atoms with van der Waals surface area (Å²) in [6, 6.07) is 9.83. The molecule has 0 fully saturated rings. The first-order chi connectivity index (χ1) is 39.6. The maximum atomic E-state index is 3.81. The summed E-state index contributed by atoms with van der Waals surface area (Å²) < 4.78 is 0. The third kappa shape index (κ3) is 42.7. The molecule has 0 aromatic heterocycles. The molecular weight excluding hydrogens is 977 g/mol. The molecule has 4 heterocycles. The minimum absolute atomic E-state index is 1.05. The molecule has 0 saturated carbocycles. The van der Waals surface area contributed by atoms with Gasteiger partial charge in [-0.2, -0.15) is 0 Å². The Morgan fingerprint density at radius 1 is 0.312 bits per heavy atom. The van der Waals surface area contributed by atoms with Crippen LogP contribution in [0.3, 0.4) is 0 Å². The van der Waals surface area contributed by atoms with E-state index in [-0.39, 0.29) is 0 Å². The summed E-state index contributed by atoms with van der Waals surface area (Å²) >= 11 is 0. The molecule has 1 aliphatic carbocycles. The summed E-state index contributed by atoms with van der Waals surface area (Å²) in [4.78, 5) is 11.0. The molecule has 8 heteroatoms. The van der Waals surface area contributed by atoms with E-state index >= 15 is 0 Å². The lowest BCUT2D eigenvalue weighted by Gasteiger charge is -2.25. The van der Waals surface area contributed by atoms with Gasteiger partial charge in [-0.15, -0.1) is 0 Å². The van der Waals surface area contributed by atoms with Gasteiger partial charge in [-0.05, 0) is 146 Å². The van der Waals surface area contributed by atoms with Crippen LogP contribution in [-0.4, -0.2) is 131 Å². The number of nitrogens with zero attached hydrogens (tertiary/aromatic N) is 4. The largest absolute Gasteiger partial charge is 0.377 e. The van der Waals surface area contributed by atoms with E-state index in [9.17, 15) is 0 Å². The fraction of sp³-hybridized carbons (Fsp3) is 0.833. The minimum Gasteiger partial charge on any atom is -0.377 e. The maximum absolute atomic E-state index is 3.81. The predicted octanol–water partition coefficient (Wildman–Crippen LogP) is 17.2.